The van der Waals surface area contributed by atoms with Gasteiger partial charge in [-0.3, -0.25) is 14.9 Å². The smallest absolute Gasteiger partial charge is 0.338 e. The largest absolute Gasteiger partial charge is 0.490 e. The fourth-order valence-electron chi connectivity index (χ4n) is 3.88. The van der Waals surface area contributed by atoms with Crippen LogP contribution in [-0.2, 0) is 20.9 Å². The first-order valence-corrected chi connectivity index (χ1v) is 13.0. The molecule has 1 aliphatic rings. The number of imide groups is 2. The number of nitrogens with zero attached hydrogens (tertiary/aromatic N) is 1. The molecule has 0 aliphatic carbocycles. The van der Waals surface area contributed by atoms with Crippen molar-refractivity contribution in [2.45, 2.75) is 20.5 Å². The zero-order valence-corrected chi connectivity index (χ0v) is 23.0. The third-order valence-electron chi connectivity index (χ3n) is 5.65. The van der Waals surface area contributed by atoms with Gasteiger partial charge in [0.2, 0.25) is 0 Å². The summed E-state index contributed by atoms with van der Waals surface area (Å²) in [5.41, 5.74) is 1.29. The summed E-state index contributed by atoms with van der Waals surface area (Å²) in [6, 6.07) is 15.0. The average Bonchev–Trinajstić information content (AvgIpc) is 2.91. The van der Waals surface area contributed by atoms with E-state index in [0.717, 1.165) is 10.5 Å². The Labute approximate surface area is 240 Å². The number of nitrogens with one attached hydrogen (secondary N) is 1. The molecule has 1 aliphatic heterocycles. The minimum Gasteiger partial charge on any atom is -0.490 e. The van der Waals surface area contributed by atoms with Crippen molar-refractivity contribution in [3.63, 3.8) is 0 Å². The summed E-state index contributed by atoms with van der Waals surface area (Å²) in [6.45, 7) is 4.14. The maximum absolute atomic E-state index is 13.3. The van der Waals surface area contributed by atoms with Crippen molar-refractivity contribution in [3.8, 4) is 11.5 Å². The Kier molecular flexibility index (Phi) is 9.08. The number of urea groups is 1. The lowest BCUT2D eigenvalue weighted by Crippen LogP contribution is -2.54. The van der Waals surface area contributed by atoms with Crippen LogP contribution in [0.3, 0.4) is 0 Å². The van der Waals surface area contributed by atoms with E-state index < -0.39 is 23.8 Å². The molecule has 0 radical (unpaired) electrons. The van der Waals surface area contributed by atoms with Crippen molar-refractivity contribution in [1.29, 1.82) is 0 Å². The predicted octanol–water partition coefficient (Wildman–Crippen LogP) is 5.81. The van der Waals surface area contributed by atoms with E-state index in [2.05, 4.69) is 5.32 Å². The first-order valence-electron chi connectivity index (χ1n) is 12.2. The van der Waals surface area contributed by atoms with E-state index in [1.807, 2.05) is 6.07 Å². The van der Waals surface area contributed by atoms with E-state index in [-0.39, 0.29) is 40.8 Å². The molecule has 0 saturated carbocycles. The minimum absolute atomic E-state index is 0.159. The molecular formula is C29H24Cl2N2O7. The summed E-state index contributed by atoms with van der Waals surface area (Å²) in [5.74, 6) is -1.68. The van der Waals surface area contributed by atoms with Crippen molar-refractivity contribution in [1.82, 2.24) is 5.32 Å². The number of rotatable bonds is 9. The van der Waals surface area contributed by atoms with Gasteiger partial charge in [-0.1, -0.05) is 35.3 Å². The highest BCUT2D eigenvalue weighted by molar-refractivity contribution is 6.39. The molecule has 3 aromatic carbocycles. The van der Waals surface area contributed by atoms with Gasteiger partial charge < -0.3 is 14.2 Å². The lowest BCUT2D eigenvalue weighted by atomic mass is 10.1. The Balaban J connectivity index is 1.62. The normalized spacial score (nSPS) is 14.2. The topological polar surface area (TPSA) is 111 Å². The van der Waals surface area contributed by atoms with Crippen LogP contribution in [0.15, 0.2) is 66.2 Å². The van der Waals surface area contributed by atoms with Crippen LogP contribution in [0.4, 0.5) is 10.5 Å². The minimum atomic E-state index is -0.922. The van der Waals surface area contributed by atoms with E-state index in [1.54, 1.807) is 38.1 Å². The highest BCUT2D eigenvalue weighted by Crippen LogP contribution is 2.38. The van der Waals surface area contributed by atoms with E-state index in [4.69, 9.17) is 37.4 Å². The highest BCUT2D eigenvalue weighted by Gasteiger charge is 2.37. The second kappa shape index (κ2) is 12.7. The first kappa shape index (κ1) is 28.7. The van der Waals surface area contributed by atoms with Crippen molar-refractivity contribution in [3.05, 3.63) is 93.0 Å². The van der Waals surface area contributed by atoms with E-state index in [0.29, 0.717) is 22.9 Å². The van der Waals surface area contributed by atoms with Gasteiger partial charge in [-0.25, -0.2) is 14.5 Å². The van der Waals surface area contributed by atoms with Crippen LogP contribution < -0.4 is 19.7 Å². The van der Waals surface area contributed by atoms with E-state index in [1.165, 1.54) is 36.4 Å². The molecule has 0 aromatic heterocycles. The Morgan fingerprint density at radius 1 is 0.950 bits per heavy atom. The fraction of sp³-hybridized carbons (Fsp3) is 0.172. The van der Waals surface area contributed by atoms with Crippen molar-refractivity contribution >= 4 is 58.8 Å². The average molecular weight is 583 g/mol. The van der Waals surface area contributed by atoms with Gasteiger partial charge in [-0.05, 0) is 79.6 Å². The predicted molar refractivity (Wildman–Crippen MR) is 150 cm³/mol. The van der Waals surface area contributed by atoms with E-state index in [9.17, 15) is 19.2 Å². The molecule has 0 bridgehead atoms. The van der Waals surface area contributed by atoms with Crippen molar-refractivity contribution in [2.24, 2.45) is 0 Å². The van der Waals surface area contributed by atoms with Crippen LogP contribution in [0.2, 0.25) is 10.0 Å². The van der Waals surface area contributed by atoms with Gasteiger partial charge >= 0.3 is 12.0 Å². The Bertz CT molecular complexity index is 1500. The Morgan fingerprint density at radius 2 is 1.70 bits per heavy atom. The molecule has 3 aromatic rings. The van der Waals surface area contributed by atoms with Crippen LogP contribution in [0.5, 0.6) is 11.5 Å². The molecule has 1 fully saturated rings. The number of halogens is 2. The van der Waals surface area contributed by atoms with Crippen LogP contribution in [0.25, 0.3) is 6.08 Å². The number of esters is 1. The zero-order chi connectivity index (χ0) is 28.8. The molecule has 206 valence electrons. The number of carbonyl (C=O) groups excluding carboxylic acids is 4. The lowest BCUT2D eigenvalue weighted by molar-refractivity contribution is -0.122. The Morgan fingerprint density at radius 3 is 2.38 bits per heavy atom. The van der Waals surface area contributed by atoms with Gasteiger partial charge in [0, 0.05) is 5.02 Å². The molecule has 9 nitrogen and oxygen atoms in total. The second-order valence-corrected chi connectivity index (χ2v) is 9.25. The second-order valence-electron chi connectivity index (χ2n) is 8.41. The molecule has 4 amide bonds. The van der Waals surface area contributed by atoms with Gasteiger partial charge in [0.15, 0.2) is 11.5 Å². The standard InChI is InChI=1S/C29H24Cl2N2O7/c1-3-38-24-15-18(14-23(31)25(24)40-16-17-6-5-7-20(30)12-17)13-22-26(34)32-29(37)33(27(22)35)21-10-8-19(9-11-21)28(36)39-4-2/h5-15H,3-4,16H2,1-2H3,(H,32,34,37)/b22-13+. The van der Waals surface area contributed by atoms with Crippen molar-refractivity contribution in [2.75, 3.05) is 18.1 Å². The number of ether oxygens (including phenoxy) is 3. The van der Waals surface area contributed by atoms with Gasteiger partial charge in [-0.15, -0.1) is 0 Å². The molecule has 0 spiro atoms. The first-order chi connectivity index (χ1) is 19.2. The number of amides is 4. The summed E-state index contributed by atoms with van der Waals surface area (Å²) in [7, 11) is 0. The van der Waals surface area contributed by atoms with Gasteiger partial charge in [0.1, 0.15) is 12.2 Å². The summed E-state index contributed by atoms with van der Waals surface area (Å²) < 4.78 is 16.6. The monoisotopic (exact) mass is 582 g/mol. The third-order valence-corrected chi connectivity index (χ3v) is 6.17. The fourth-order valence-corrected chi connectivity index (χ4v) is 4.36. The van der Waals surface area contributed by atoms with E-state index >= 15 is 0 Å². The summed E-state index contributed by atoms with van der Waals surface area (Å²) in [4.78, 5) is 51.3. The molecule has 11 heteroatoms. The highest BCUT2D eigenvalue weighted by atomic mass is 35.5. The molecule has 40 heavy (non-hydrogen) atoms. The van der Waals surface area contributed by atoms with Gasteiger partial charge in [0.25, 0.3) is 11.8 Å². The number of barbiturate groups is 1. The molecule has 0 unspecified atom stereocenters. The zero-order valence-electron chi connectivity index (χ0n) is 21.5. The summed E-state index contributed by atoms with van der Waals surface area (Å²) >= 11 is 12.6. The van der Waals surface area contributed by atoms with Gasteiger partial charge in [-0.2, -0.15) is 0 Å². The number of anilines is 1. The molecule has 1 saturated heterocycles. The summed E-state index contributed by atoms with van der Waals surface area (Å²) in [6.07, 6.45) is 1.30. The van der Waals surface area contributed by atoms with Crippen LogP contribution in [0.1, 0.15) is 35.3 Å². The number of benzene rings is 3. The van der Waals surface area contributed by atoms with Crippen molar-refractivity contribution < 1.29 is 33.4 Å². The maximum atomic E-state index is 13.3. The number of hydrogen-bond acceptors (Lipinski definition) is 7. The number of carbonyl (C=O) groups is 4. The van der Waals surface area contributed by atoms with Crippen LogP contribution in [0, 0.1) is 0 Å². The molecule has 0 atom stereocenters. The summed E-state index contributed by atoms with van der Waals surface area (Å²) in [5, 5.41) is 2.92. The molecule has 1 heterocycles. The lowest BCUT2D eigenvalue weighted by Gasteiger charge is -2.26. The van der Waals surface area contributed by atoms with Crippen LogP contribution in [-0.4, -0.2) is 37.0 Å². The number of hydrogen-bond donors (Lipinski definition) is 1. The quantitative estimate of drug-likeness (QED) is 0.192. The van der Waals surface area contributed by atoms with Crippen LogP contribution >= 0.6 is 23.2 Å². The molecular weight excluding hydrogens is 559 g/mol. The third kappa shape index (κ3) is 6.44. The molecule has 1 N–H and O–H groups in total. The molecule has 4 rings (SSSR count). The van der Waals surface area contributed by atoms with Gasteiger partial charge in [0.05, 0.1) is 29.5 Å². The Hall–Kier alpha value is -4.34. The SMILES string of the molecule is CCOC(=O)c1ccc(N2C(=O)NC(=O)/C(=C\c3cc(Cl)c(OCc4cccc(Cl)c4)c(OCC)c3)C2=O)cc1. The maximum Gasteiger partial charge on any atom is 0.338 e.